The van der Waals surface area contributed by atoms with Crippen molar-refractivity contribution in [2.75, 3.05) is 11.9 Å². The zero-order valence-corrected chi connectivity index (χ0v) is 9.41. The molecule has 3 nitrogen and oxygen atoms in total. The number of aliphatic hydroxyl groups is 1. The zero-order valence-electron chi connectivity index (χ0n) is 9.41. The lowest BCUT2D eigenvalue weighted by molar-refractivity contribution is 0.139. The van der Waals surface area contributed by atoms with Gasteiger partial charge in [0.05, 0.1) is 6.61 Å². The van der Waals surface area contributed by atoms with Crippen molar-refractivity contribution < 1.29 is 9.50 Å². The zero-order chi connectivity index (χ0) is 11.6. The van der Waals surface area contributed by atoms with Gasteiger partial charge < -0.3 is 10.4 Å². The number of pyridine rings is 1. The smallest absolute Gasteiger partial charge is 0.214 e. The van der Waals surface area contributed by atoms with Crippen LogP contribution < -0.4 is 5.32 Å². The fourth-order valence-corrected chi connectivity index (χ4v) is 2.34. The average Bonchev–Trinajstić information content (AvgIpc) is 2.61. The molecule has 2 rings (SSSR count). The van der Waals surface area contributed by atoms with E-state index in [1.807, 2.05) is 0 Å². The largest absolute Gasteiger partial charge is 0.396 e. The Hall–Kier alpha value is -1.16. The third-order valence-corrected chi connectivity index (χ3v) is 3.48. The highest BCUT2D eigenvalue weighted by molar-refractivity contribution is 5.36. The number of rotatable bonds is 3. The van der Waals surface area contributed by atoms with E-state index in [-0.39, 0.29) is 18.1 Å². The van der Waals surface area contributed by atoms with Gasteiger partial charge in [0.25, 0.3) is 0 Å². The van der Waals surface area contributed by atoms with Gasteiger partial charge in [0, 0.05) is 11.5 Å². The van der Waals surface area contributed by atoms with E-state index in [2.05, 4.69) is 17.2 Å². The van der Waals surface area contributed by atoms with Gasteiger partial charge >= 0.3 is 0 Å². The molecule has 1 aliphatic rings. The maximum atomic E-state index is 12.9. The molecule has 1 heterocycles. The Balaban J connectivity index is 2.10. The predicted octanol–water partition coefficient (Wildman–Crippen LogP) is 2.18. The van der Waals surface area contributed by atoms with Crippen LogP contribution in [0.4, 0.5) is 10.2 Å². The molecule has 0 unspecified atom stereocenters. The molecule has 1 aromatic heterocycles. The summed E-state index contributed by atoms with van der Waals surface area (Å²) in [5.74, 6) is 0.0697. The summed E-state index contributed by atoms with van der Waals surface area (Å²) in [5, 5.41) is 12.6. The molecule has 2 N–H and O–H groups in total. The minimum atomic E-state index is -0.478. The highest BCUT2D eigenvalue weighted by Crippen LogP contribution is 2.38. The molecule has 1 aromatic rings. The molecule has 88 valence electrons. The van der Waals surface area contributed by atoms with Gasteiger partial charge in [0.2, 0.25) is 5.95 Å². The first-order chi connectivity index (χ1) is 7.64. The molecule has 4 heteroatoms. The summed E-state index contributed by atoms with van der Waals surface area (Å²) in [7, 11) is 0. The molecule has 0 spiro atoms. The Morgan fingerprint density at radius 1 is 1.62 bits per heavy atom. The molecular formula is C12H17FN2O. The third kappa shape index (κ3) is 2.16. The number of aromatic nitrogens is 1. The third-order valence-electron chi connectivity index (χ3n) is 3.48. The van der Waals surface area contributed by atoms with Crippen LogP contribution >= 0.6 is 0 Å². The highest BCUT2D eigenvalue weighted by atomic mass is 19.1. The molecule has 1 fully saturated rings. The van der Waals surface area contributed by atoms with Gasteiger partial charge in [-0.15, -0.1) is 0 Å². The van der Waals surface area contributed by atoms with Crippen molar-refractivity contribution in [1.29, 1.82) is 0 Å². The molecule has 0 amide bonds. The summed E-state index contributed by atoms with van der Waals surface area (Å²) in [6.45, 7) is 2.21. The van der Waals surface area contributed by atoms with Crippen LogP contribution in [0.25, 0.3) is 0 Å². The monoisotopic (exact) mass is 224 g/mol. The van der Waals surface area contributed by atoms with E-state index >= 15 is 0 Å². The van der Waals surface area contributed by atoms with Crippen LogP contribution in [0.15, 0.2) is 18.2 Å². The van der Waals surface area contributed by atoms with Crippen LogP contribution in [0.3, 0.4) is 0 Å². The van der Waals surface area contributed by atoms with Crippen molar-refractivity contribution in [3.63, 3.8) is 0 Å². The van der Waals surface area contributed by atoms with Gasteiger partial charge in [0.15, 0.2) is 0 Å². The number of halogens is 1. The van der Waals surface area contributed by atoms with E-state index < -0.39 is 5.95 Å². The minimum absolute atomic E-state index is 0.117. The van der Waals surface area contributed by atoms with Crippen molar-refractivity contribution in [2.45, 2.75) is 32.2 Å². The molecule has 1 saturated carbocycles. The van der Waals surface area contributed by atoms with Crippen molar-refractivity contribution in [3.05, 3.63) is 24.1 Å². The number of nitrogens with one attached hydrogen (secondary N) is 1. The first-order valence-electron chi connectivity index (χ1n) is 5.64. The Kier molecular flexibility index (Phi) is 3.10. The molecule has 16 heavy (non-hydrogen) atoms. The number of nitrogens with zero attached hydrogens (tertiary/aromatic N) is 1. The van der Waals surface area contributed by atoms with Crippen molar-refractivity contribution in [3.8, 4) is 0 Å². The molecule has 0 aromatic carbocycles. The number of hydrogen-bond donors (Lipinski definition) is 2. The van der Waals surface area contributed by atoms with E-state index in [4.69, 9.17) is 0 Å². The molecular weight excluding hydrogens is 207 g/mol. The maximum absolute atomic E-state index is 12.9. The summed E-state index contributed by atoms with van der Waals surface area (Å²) in [6.07, 6.45) is 3.08. The van der Waals surface area contributed by atoms with Crippen molar-refractivity contribution in [2.24, 2.45) is 5.41 Å². The second-order valence-electron chi connectivity index (χ2n) is 4.75. The summed E-state index contributed by atoms with van der Waals surface area (Å²) >= 11 is 0. The fourth-order valence-electron chi connectivity index (χ4n) is 2.34. The van der Waals surface area contributed by atoms with Crippen LogP contribution in [-0.2, 0) is 0 Å². The van der Waals surface area contributed by atoms with Gasteiger partial charge in [0.1, 0.15) is 5.82 Å². The molecule has 0 bridgehead atoms. The van der Waals surface area contributed by atoms with E-state index in [9.17, 15) is 9.50 Å². The Morgan fingerprint density at radius 3 is 3.12 bits per heavy atom. The Bertz CT molecular complexity index is 372. The summed E-state index contributed by atoms with van der Waals surface area (Å²) in [6, 6.07) is 4.88. The fraction of sp³-hybridized carbons (Fsp3) is 0.583. The topological polar surface area (TPSA) is 45.1 Å². The molecule has 0 radical (unpaired) electrons. The van der Waals surface area contributed by atoms with E-state index in [0.29, 0.717) is 5.82 Å². The summed E-state index contributed by atoms with van der Waals surface area (Å²) in [4.78, 5) is 3.78. The lowest BCUT2D eigenvalue weighted by Gasteiger charge is -2.30. The standard InChI is InChI=1S/C12H17FN2O/c1-12(8-16)7-3-4-9(12)14-11-6-2-5-10(13)15-11/h2,5-6,9,16H,3-4,7-8H2,1H3,(H,14,15)/t9-,12+/m0/s1. The van der Waals surface area contributed by atoms with Crippen LogP contribution in [0.1, 0.15) is 26.2 Å². The molecule has 1 aliphatic carbocycles. The number of hydrogen-bond acceptors (Lipinski definition) is 3. The van der Waals surface area contributed by atoms with Crippen LogP contribution in [0, 0.1) is 11.4 Å². The van der Waals surface area contributed by atoms with E-state index in [1.165, 1.54) is 6.07 Å². The highest BCUT2D eigenvalue weighted by Gasteiger charge is 2.38. The van der Waals surface area contributed by atoms with Gasteiger partial charge in [-0.05, 0) is 25.0 Å². The lowest BCUT2D eigenvalue weighted by atomic mass is 9.86. The normalized spacial score (nSPS) is 29.3. The lowest BCUT2D eigenvalue weighted by Crippen LogP contribution is -2.36. The van der Waals surface area contributed by atoms with Gasteiger partial charge in [-0.1, -0.05) is 19.4 Å². The number of anilines is 1. The molecule has 2 atom stereocenters. The second kappa shape index (κ2) is 4.37. The Labute approximate surface area is 94.7 Å². The van der Waals surface area contributed by atoms with Crippen LogP contribution in [-0.4, -0.2) is 22.7 Å². The van der Waals surface area contributed by atoms with Crippen molar-refractivity contribution >= 4 is 5.82 Å². The van der Waals surface area contributed by atoms with E-state index in [1.54, 1.807) is 12.1 Å². The first kappa shape index (κ1) is 11.3. The molecule has 0 aliphatic heterocycles. The van der Waals surface area contributed by atoms with Crippen LogP contribution in [0.5, 0.6) is 0 Å². The summed E-state index contributed by atoms with van der Waals surface area (Å²) < 4.78 is 12.9. The molecule has 0 saturated heterocycles. The van der Waals surface area contributed by atoms with Crippen molar-refractivity contribution in [1.82, 2.24) is 4.98 Å². The maximum Gasteiger partial charge on any atom is 0.214 e. The minimum Gasteiger partial charge on any atom is -0.396 e. The van der Waals surface area contributed by atoms with Crippen LogP contribution in [0.2, 0.25) is 0 Å². The SMILES string of the molecule is C[C@]1(CO)CCC[C@@H]1Nc1cccc(F)n1. The number of aliphatic hydroxyl groups excluding tert-OH is 1. The van der Waals surface area contributed by atoms with Gasteiger partial charge in [-0.2, -0.15) is 4.39 Å². The van der Waals surface area contributed by atoms with E-state index in [0.717, 1.165) is 19.3 Å². The Morgan fingerprint density at radius 2 is 2.44 bits per heavy atom. The second-order valence-corrected chi connectivity index (χ2v) is 4.75. The average molecular weight is 224 g/mol. The first-order valence-corrected chi connectivity index (χ1v) is 5.64. The predicted molar refractivity (Wildman–Crippen MR) is 60.6 cm³/mol. The quantitative estimate of drug-likeness (QED) is 0.773. The van der Waals surface area contributed by atoms with Gasteiger partial charge in [-0.3, -0.25) is 0 Å². The summed E-state index contributed by atoms with van der Waals surface area (Å²) in [5.41, 5.74) is -0.117. The van der Waals surface area contributed by atoms with Gasteiger partial charge in [-0.25, -0.2) is 4.98 Å².